The summed E-state index contributed by atoms with van der Waals surface area (Å²) in [4.78, 5) is 10.9. The number of aliphatic carboxylic acids is 1. The standard InChI is InChI=1S/C12H14ClN3O2/c13-10-6-9(11(14)12(17)18)16(15-10)7-8-4-2-1-3-5-8/h1-5,9,11H,6-7,14H2,(H,17,18)/t9-,11+/m1/s1. The highest BCUT2D eigenvalue weighted by Gasteiger charge is 2.34. The van der Waals surface area contributed by atoms with Crippen molar-refractivity contribution in [2.75, 3.05) is 0 Å². The van der Waals surface area contributed by atoms with Gasteiger partial charge in [-0.05, 0) is 5.56 Å². The fraction of sp³-hybridized carbons (Fsp3) is 0.333. The Kier molecular flexibility index (Phi) is 3.84. The van der Waals surface area contributed by atoms with Crippen molar-refractivity contribution in [2.24, 2.45) is 10.8 Å². The van der Waals surface area contributed by atoms with Gasteiger partial charge in [-0.15, -0.1) is 0 Å². The third-order valence-corrected chi connectivity index (χ3v) is 3.11. The van der Waals surface area contributed by atoms with Crippen molar-refractivity contribution in [3.05, 3.63) is 35.9 Å². The SMILES string of the molecule is N[C@H](C(=O)O)[C@H]1CC(Cl)=NN1Cc1ccccc1. The Bertz CT molecular complexity index is 464. The molecule has 5 nitrogen and oxygen atoms in total. The molecule has 2 rings (SSSR count). The predicted octanol–water partition coefficient (Wildman–Crippen LogP) is 1.23. The molecule has 1 aromatic carbocycles. The third kappa shape index (κ3) is 2.80. The molecule has 1 aliphatic rings. The van der Waals surface area contributed by atoms with Crippen LogP contribution in [0.2, 0.25) is 0 Å². The molecule has 0 unspecified atom stereocenters. The van der Waals surface area contributed by atoms with Crippen LogP contribution in [0.15, 0.2) is 35.4 Å². The molecule has 0 amide bonds. The highest BCUT2D eigenvalue weighted by Crippen LogP contribution is 2.22. The normalized spacial score (nSPS) is 20.7. The maximum Gasteiger partial charge on any atom is 0.322 e. The van der Waals surface area contributed by atoms with Crippen LogP contribution in [0, 0.1) is 0 Å². The Hall–Kier alpha value is -1.59. The van der Waals surface area contributed by atoms with Crippen molar-refractivity contribution < 1.29 is 9.90 Å². The lowest BCUT2D eigenvalue weighted by Crippen LogP contribution is -2.48. The molecule has 3 N–H and O–H groups in total. The zero-order chi connectivity index (χ0) is 13.1. The zero-order valence-electron chi connectivity index (χ0n) is 9.66. The highest BCUT2D eigenvalue weighted by atomic mass is 35.5. The van der Waals surface area contributed by atoms with Gasteiger partial charge in [-0.2, -0.15) is 5.10 Å². The van der Waals surface area contributed by atoms with Crippen molar-refractivity contribution in [1.29, 1.82) is 0 Å². The van der Waals surface area contributed by atoms with Gasteiger partial charge in [-0.3, -0.25) is 9.80 Å². The van der Waals surface area contributed by atoms with E-state index in [9.17, 15) is 4.79 Å². The van der Waals surface area contributed by atoms with Crippen LogP contribution in [-0.2, 0) is 11.3 Å². The Balaban J connectivity index is 2.12. The van der Waals surface area contributed by atoms with Gasteiger partial charge >= 0.3 is 5.97 Å². The van der Waals surface area contributed by atoms with Crippen LogP contribution < -0.4 is 5.73 Å². The van der Waals surface area contributed by atoms with E-state index in [-0.39, 0.29) is 0 Å². The second kappa shape index (κ2) is 5.37. The number of halogens is 1. The molecule has 1 aromatic rings. The van der Waals surface area contributed by atoms with Crippen molar-refractivity contribution in [2.45, 2.75) is 25.0 Å². The van der Waals surface area contributed by atoms with Crippen molar-refractivity contribution >= 4 is 22.7 Å². The van der Waals surface area contributed by atoms with Crippen LogP contribution in [0.3, 0.4) is 0 Å². The largest absolute Gasteiger partial charge is 0.480 e. The molecular weight excluding hydrogens is 254 g/mol. The van der Waals surface area contributed by atoms with Gasteiger partial charge in [0.05, 0.1) is 12.6 Å². The number of nitrogens with zero attached hydrogens (tertiary/aromatic N) is 2. The molecular formula is C12H14ClN3O2. The molecule has 18 heavy (non-hydrogen) atoms. The second-order valence-electron chi connectivity index (χ2n) is 4.19. The Morgan fingerprint density at radius 3 is 2.83 bits per heavy atom. The topological polar surface area (TPSA) is 78.9 Å². The fourth-order valence-corrected chi connectivity index (χ4v) is 2.19. The molecule has 1 heterocycles. The van der Waals surface area contributed by atoms with E-state index in [0.717, 1.165) is 5.56 Å². The summed E-state index contributed by atoms with van der Waals surface area (Å²) in [6, 6.07) is 8.27. The molecule has 0 radical (unpaired) electrons. The molecule has 0 saturated carbocycles. The van der Waals surface area contributed by atoms with Gasteiger partial charge in [-0.1, -0.05) is 41.9 Å². The zero-order valence-corrected chi connectivity index (χ0v) is 10.4. The van der Waals surface area contributed by atoms with Gasteiger partial charge in [0.1, 0.15) is 11.2 Å². The number of carbonyl (C=O) groups is 1. The fourth-order valence-electron chi connectivity index (χ4n) is 1.93. The van der Waals surface area contributed by atoms with Crippen molar-refractivity contribution in [3.8, 4) is 0 Å². The molecule has 0 bridgehead atoms. The summed E-state index contributed by atoms with van der Waals surface area (Å²) in [5, 5.41) is 15.2. The first-order valence-electron chi connectivity index (χ1n) is 5.60. The molecule has 96 valence electrons. The summed E-state index contributed by atoms with van der Waals surface area (Å²) in [6.45, 7) is 0.503. The molecule has 6 heteroatoms. The summed E-state index contributed by atoms with van der Waals surface area (Å²) < 4.78 is 0. The van der Waals surface area contributed by atoms with Crippen LogP contribution in [0.1, 0.15) is 12.0 Å². The van der Waals surface area contributed by atoms with Crippen LogP contribution in [0.25, 0.3) is 0 Å². The quantitative estimate of drug-likeness (QED) is 0.860. The predicted molar refractivity (Wildman–Crippen MR) is 69.3 cm³/mol. The summed E-state index contributed by atoms with van der Waals surface area (Å²) in [5.74, 6) is -1.04. The van der Waals surface area contributed by atoms with E-state index < -0.39 is 18.1 Å². The van der Waals surface area contributed by atoms with Crippen LogP contribution in [0.4, 0.5) is 0 Å². The number of hydrogen-bond donors (Lipinski definition) is 2. The summed E-state index contributed by atoms with van der Waals surface area (Å²) in [6.07, 6.45) is 0.377. The van der Waals surface area contributed by atoms with E-state index in [2.05, 4.69) is 5.10 Å². The summed E-state index contributed by atoms with van der Waals surface area (Å²) in [5.41, 5.74) is 6.69. The van der Waals surface area contributed by atoms with Gasteiger partial charge in [0.25, 0.3) is 0 Å². The molecule has 0 aromatic heterocycles. The number of carboxylic acids is 1. The summed E-state index contributed by atoms with van der Waals surface area (Å²) in [7, 11) is 0. The maximum absolute atomic E-state index is 10.9. The minimum atomic E-state index is -1.04. The third-order valence-electron chi connectivity index (χ3n) is 2.88. The molecule has 0 spiro atoms. The van der Waals surface area contributed by atoms with Gasteiger partial charge in [0.15, 0.2) is 0 Å². The van der Waals surface area contributed by atoms with Crippen molar-refractivity contribution in [1.82, 2.24) is 5.01 Å². The second-order valence-corrected chi connectivity index (χ2v) is 4.63. The average molecular weight is 268 g/mol. The molecule has 0 fully saturated rings. The molecule has 0 saturated heterocycles. The van der Waals surface area contributed by atoms with Gasteiger partial charge in [0.2, 0.25) is 0 Å². The Morgan fingerprint density at radius 1 is 1.56 bits per heavy atom. The van der Waals surface area contributed by atoms with Crippen LogP contribution in [-0.4, -0.2) is 33.3 Å². The molecule has 0 aliphatic carbocycles. The number of hydrogen-bond acceptors (Lipinski definition) is 4. The van der Waals surface area contributed by atoms with E-state index in [1.807, 2.05) is 30.3 Å². The van der Waals surface area contributed by atoms with E-state index in [4.69, 9.17) is 22.4 Å². The van der Waals surface area contributed by atoms with E-state index in [1.165, 1.54) is 0 Å². The minimum absolute atomic E-state index is 0.377. The van der Waals surface area contributed by atoms with E-state index >= 15 is 0 Å². The minimum Gasteiger partial charge on any atom is -0.480 e. The number of rotatable bonds is 4. The van der Waals surface area contributed by atoms with Crippen LogP contribution >= 0.6 is 11.6 Å². The van der Waals surface area contributed by atoms with E-state index in [0.29, 0.717) is 18.1 Å². The smallest absolute Gasteiger partial charge is 0.322 e. The lowest BCUT2D eigenvalue weighted by atomic mass is 10.1. The lowest BCUT2D eigenvalue weighted by molar-refractivity contribution is -0.140. The number of carboxylic acid groups (broad SMARTS) is 1. The number of nitrogens with two attached hydrogens (primary N) is 1. The first kappa shape index (κ1) is 12.9. The van der Waals surface area contributed by atoms with Crippen molar-refractivity contribution in [3.63, 3.8) is 0 Å². The Morgan fingerprint density at radius 2 is 2.22 bits per heavy atom. The monoisotopic (exact) mass is 267 g/mol. The van der Waals surface area contributed by atoms with Gasteiger partial charge in [-0.25, -0.2) is 0 Å². The molecule has 2 atom stereocenters. The highest BCUT2D eigenvalue weighted by molar-refractivity contribution is 6.65. The van der Waals surface area contributed by atoms with Gasteiger partial charge < -0.3 is 10.8 Å². The van der Waals surface area contributed by atoms with E-state index in [1.54, 1.807) is 5.01 Å². The molecule has 1 aliphatic heterocycles. The number of hydrazone groups is 1. The first-order valence-corrected chi connectivity index (χ1v) is 5.97. The average Bonchev–Trinajstić information content (AvgIpc) is 2.70. The lowest BCUT2D eigenvalue weighted by Gasteiger charge is -2.26. The van der Waals surface area contributed by atoms with Crippen LogP contribution in [0.5, 0.6) is 0 Å². The first-order chi connectivity index (χ1) is 8.58. The van der Waals surface area contributed by atoms with Gasteiger partial charge in [0, 0.05) is 6.42 Å². The Labute approximate surface area is 110 Å². The number of benzene rings is 1. The maximum atomic E-state index is 10.9. The summed E-state index contributed by atoms with van der Waals surface area (Å²) >= 11 is 5.88.